The molecule has 0 aromatic heterocycles. The highest BCUT2D eigenvalue weighted by atomic mass is 16.5. The van der Waals surface area contributed by atoms with Gasteiger partial charge < -0.3 is 15.0 Å². The van der Waals surface area contributed by atoms with E-state index in [1.807, 2.05) is 25.7 Å². The van der Waals surface area contributed by atoms with Crippen LogP contribution in [0.25, 0.3) is 0 Å². The molecule has 0 saturated carbocycles. The highest BCUT2D eigenvalue weighted by Gasteiger charge is 2.52. The summed E-state index contributed by atoms with van der Waals surface area (Å²) in [7, 11) is 1.67. The van der Waals surface area contributed by atoms with E-state index in [9.17, 15) is 14.4 Å². The van der Waals surface area contributed by atoms with Crippen LogP contribution in [0.2, 0.25) is 0 Å². The molecule has 36 heavy (non-hydrogen) atoms. The largest absolute Gasteiger partial charge is 0.465 e. The van der Waals surface area contributed by atoms with E-state index in [0.29, 0.717) is 38.2 Å². The summed E-state index contributed by atoms with van der Waals surface area (Å²) in [5, 5.41) is 2.87. The maximum absolute atomic E-state index is 13.5. The number of esters is 1. The van der Waals surface area contributed by atoms with Gasteiger partial charge in [0.2, 0.25) is 11.8 Å². The van der Waals surface area contributed by atoms with E-state index in [1.54, 1.807) is 7.05 Å². The molecule has 0 bridgehead atoms. The van der Waals surface area contributed by atoms with Crippen LogP contribution in [0.3, 0.4) is 0 Å². The molecule has 4 unspecified atom stereocenters. The van der Waals surface area contributed by atoms with Gasteiger partial charge in [0.1, 0.15) is 0 Å². The van der Waals surface area contributed by atoms with Crippen LogP contribution in [0.1, 0.15) is 126 Å². The fourth-order valence-electron chi connectivity index (χ4n) is 6.10. The van der Waals surface area contributed by atoms with E-state index >= 15 is 0 Å². The number of carbonyl (C=O) groups excluding carboxylic acids is 3. The quantitative estimate of drug-likeness (QED) is 0.256. The average Bonchev–Trinajstić information content (AvgIpc) is 3.06. The Morgan fingerprint density at radius 2 is 1.75 bits per heavy atom. The third-order valence-electron chi connectivity index (χ3n) is 9.14. The molecule has 1 fully saturated rings. The molecular formula is C30H56N2O4. The van der Waals surface area contributed by atoms with Gasteiger partial charge in [-0.2, -0.15) is 0 Å². The summed E-state index contributed by atoms with van der Waals surface area (Å²) < 4.78 is 5.95. The maximum Gasteiger partial charge on any atom is 0.312 e. The van der Waals surface area contributed by atoms with Crippen LogP contribution in [0.5, 0.6) is 0 Å². The summed E-state index contributed by atoms with van der Waals surface area (Å²) in [6.07, 6.45) is 9.70. The predicted molar refractivity (Wildman–Crippen MR) is 147 cm³/mol. The monoisotopic (exact) mass is 508 g/mol. The van der Waals surface area contributed by atoms with Crippen molar-refractivity contribution >= 4 is 17.8 Å². The number of amides is 2. The third kappa shape index (κ3) is 8.21. The van der Waals surface area contributed by atoms with Crippen LogP contribution in [0, 0.1) is 22.2 Å². The standard InChI is InChI=1S/C30H56N2O4/c1-10-13-17-24(11-2)21-36-27(35)30(8,12-3)28(5,6)22-29(7,26(34)31-9)20-23(4)32-19-16-14-15-18-25(32)33/h23-24H,10-22H2,1-9H3,(H,31,34). The Hall–Kier alpha value is -1.59. The zero-order valence-corrected chi connectivity index (χ0v) is 24.9. The summed E-state index contributed by atoms with van der Waals surface area (Å²) in [6.45, 7) is 17.8. The molecule has 0 aliphatic carbocycles. The number of rotatable bonds is 15. The van der Waals surface area contributed by atoms with E-state index in [4.69, 9.17) is 4.74 Å². The summed E-state index contributed by atoms with van der Waals surface area (Å²) in [5.74, 6) is 0.373. The first-order valence-corrected chi connectivity index (χ1v) is 14.5. The molecule has 0 radical (unpaired) electrons. The van der Waals surface area contributed by atoms with Crippen LogP contribution in [0.4, 0.5) is 0 Å². The number of nitrogens with zero attached hydrogens (tertiary/aromatic N) is 1. The van der Waals surface area contributed by atoms with Gasteiger partial charge in [-0.15, -0.1) is 0 Å². The number of likely N-dealkylation sites (tertiary alicyclic amines) is 1. The number of hydrogen-bond donors (Lipinski definition) is 1. The van der Waals surface area contributed by atoms with Crippen molar-refractivity contribution in [1.82, 2.24) is 10.2 Å². The Morgan fingerprint density at radius 3 is 2.31 bits per heavy atom. The Balaban J connectivity index is 3.11. The second-order valence-electron chi connectivity index (χ2n) is 12.4. The molecule has 1 N–H and O–H groups in total. The van der Waals surface area contributed by atoms with Gasteiger partial charge in [-0.1, -0.05) is 67.2 Å². The van der Waals surface area contributed by atoms with E-state index in [2.05, 4.69) is 39.9 Å². The first-order valence-electron chi connectivity index (χ1n) is 14.5. The lowest BCUT2D eigenvalue weighted by atomic mass is 9.58. The first kappa shape index (κ1) is 32.4. The summed E-state index contributed by atoms with van der Waals surface area (Å²) in [4.78, 5) is 41.5. The van der Waals surface area contributed by atoms with Gasteiger partial charge >= 0.3 is 5.97 Å². The number of carbonyl (C=O) groups is 3. The van der Waals surface area contributed by atoms with Crippen LogP contribution in [0.15, 0.2) is 0 Å². The van der Waals surface area contributed by atoms with Crippen molar-refractivity contribution in [1.29, 1.82) is 0 Å². The summed E-state index contributed by atoms with van der Waals surface area (Å²) >= 11 is 0. The Kier molecular flexibility index (Phi) is 13.0. The van der Waals surface area contributed by atoms with Crippen molar-refractivity contribution in [2.24, 2.45) is 22.2 Å². The van der Waals surface area contributed by atoms with Crippen molar-refractivity contribution in [3.8, 4) is 0 Å². The molecule has 1 saturated heterocycles. The average molecular weight is 509 g/mol. The lowest BCUT2D eigenvalue weighted by Crippen LogP contribution is -2.51. The zero-order valence-electron chi connectivity index (χ0n) is 24.9. The van der Waals surface area contributed by atoms with Crippen molar-refractivity contribution in [3.05, 3.63) is 0 Å². The molecule has 4 atom stereocenters. The summed E-state index contributed by atoms with van der Waals surface area (Å²) in [5.41, 5.74) is -1.95. The van der Waals surface area contributed by atoms with Gasteiger partial charge in [-0.3, -0.25) is 14.4 Å². The lowest BCUT2D eigenvalue weighted by molar-refractivity contribution is -0.167. The lowest BCUT2D eigenvalue weighted by Gasteiger charge is -2.47. The minimum atomic E-state index is -0.729. The molecular weight excluding hydrogens is 452 g/mol. The van der Waals surface area contributed by atoms with E-state index in [1.165, 1.54) is 0 Å². The molecule has 0 aromatic carbocycles. The molecule has 0 spiro atoms. The minimum Gasteiger partial charge on any atom is -0.465 e. The van der Waals surface area contributed by atoms with Gasteiger partial charge in [-0.25, -0.2) is 0 Å². The fraction of sp³-hybridized carbons (Fsp3) is 0.900. The number of hydrogen-bond acceptors (Lipinski definition) is 4. The van der Waals surface area contributed by atoms with E-state index < -0.39 is 16.2 Å². The second-order valence-corrected chi connectivity index (χ2v) is 12.4. The zero-order chi connectivity index (χ0) is 27.6. The van der Waals surface area contributed by atoms with Gasteiger partial charge in [0.15, 0.2) is 0 Å². The molecule has 6 heteroatoms. The molecule has 2 amide bonds. The number of unbranched alkanes of at least 4 members (excludes halogenated alkanes) is 1. The fourth-order valence-corrected chi connectivity index (χ4v) is 6.10. The molecule has 6 nitrogen and oxygen atoms in total. The number of nitrogens with one attached hydrogen (secondary N) is 1. The SMILES string of the molecule is CCCCC(CC)COC(=O)C(C)(CC)C(C)(C)CC(C)(CC(C)N1CCCCCC1=O)C(=O)NC. The van der Waals surface area contributed by atoms with Crippen molar-refractivity contribution in [3.63, 3.8) is 0 Å². The Bertz CT molecular complexity index is 722. The third-order valence-corrected chi connectivity index (χ3v) is 9.14. The normalized spacial score (nSPS) is 20.0. The van der Waals surface area contributed by atoms with Gasteiger partial charge in [0.05, 0.1) is 12.0 Å². The molecule has 1 aliphatic heterocycles. The predicted octanol–water partition coefficient (Wildman–Crippen LogP) is 6.51. The first-order chi connectivity index (χ1) is 16.8. The minimum absolute atomic E-state index is 0.0397. The van der Waals surface area contributed by atoms with Crippen molar-refractivity contribution < 1.29 is 19.1 Å². The summed E-state index contributed by atoms with van der Waals surface area (Å²) in [6, 6.07) is -0.0441. The highest BCUT2D eigenvalue weighted by Crippen LogP contribution is 2.51. The van der Waals surface area contributed by atoms with E-state index in [-0.39, 0.29) is 23.8 Å². The molecule has 1 aliphatic rings. The molecule has 0 aromatic rings. The Morgan fingerprint density at radius 1 is 1.08 bits per heavy atom. The van der Waals surface area contributed by atoms with E-state index in [0.717, 1.165) is 51.5 Å². The highest BCUT2D eigenvalue weighted by molar-refractivity contribution is 5.83. The molecule has 1 heterocycles. The topological polar surface area (TPSA) is 75.7 Å². The van der Waals surface area contributed by atoms with Crippen LogP contribution in [-0.2, 0) is 19.1 Å². The smallest absolute Gasteiger partial charge is 0.312 e. The molecule has 210 valence electrons. The van der Waals surface area contributed by atoms with Crippen LogP contribution < -0.4 is 5.32 Å². The Labute approximate surface area is 221 Å². The molecule has 1 rings (SSSR count). The van der Waals surface area contributed by atoms with Gasteiger partial charge in [-0.05, 0) is 63.7 Å². The van der Waals surface area contributed by atoms with Crippen molar-refractivity contribution in [2.75, 3.05) is 20.2 Å². The van der Waals surface area contributed by atoms with Gasteiger partial charge in [0, 0.05) is 31.5 Å². The van der Waals surface area contributed by atoms with Crippen LogP contribution in [-0.4, -0.2) is 48.9 Å². The maximum atomic E-state index is 13.5. The van der Waals surface area contributed by atoms with Crippen molar-refractivity contribution in [2.45, 2.75) is 132 Å². The van der Waals surface area contributed by atoms with Crippen LogP contribution >= 0.6 is 0 Å². The van der Waals surface area contributed by atoms with Gasteiger partial charge in [0.25, 0.3) is 0 Å². The number of ether oxygens (including phenoxy) is 1. The second kappa shape index (κ2) is 14.4.